The fourth-order valence-corrected chi connectivity index (χ4v) is 1.69. The number of amides is 2. The molecule has 19 heavy (non-hydrogen) atoms. The average Bonchev–Trinajstić information content (AvgIpc) is 2.35. The summed E-state index contributed by atoms with van der Waals surface area (Å²) in [6, 6.07) is 4.40. The van der Waals surface area contributed by atoms with Crippen molar-refractivity contribution >= 4 is 29.1 Å². The topological polar surface area (TPSA) is 67.4 Å². The van der Waals surface area contributed by atoms with Gasteiger partial charge in [-0.15, -0.1) is 0 Å². The maximum absolute atomic E-state index is 11.6. The molecule has 1 aromatic rings. The number of benzene rings is 1. The van der Waals surface area contributed by atoms with E-state index in [9.17, 15) is 9.59 Å². The summed E-state index contributed by atoms with van der Waals surface area (Å²) in [5, 5.41) is 5.60. The highest BCUT2D eigenvalue weighted by molar-refractivity contribution is 6.34. The molecule has 104 valence electrons. The number of halogens is 1. The van der Waals surface area contributed by atoms with Crippen LogP contribution in [0.5, 0.6) is 0 Å². The van der Waals surface area contributed by atoms with E-state index in [-0.39, 0.29) is 17.9 Å². The van der Waals surface area contributed by atoms with Gasteiger partial charge in [-0.25, -0.2) is 4.79 Å². The van der Waals surface area contributed by atoms with Crippen LogP contribution in [0.2, 0.25) is 5.02 Å². The number of methoxy groups -OCH3 is 1. The summed E-state index contributed by atoms with van der Waals surface area (Å²) in [4.78, 5) is 22.8. The minimum Gasteiger partial charge on any atom is -0.380 e. The van der Waals surface area contributed by atoms with E-state index in [0.29, 0.717) is 22.8 Å². The molecule has 0 aromatic heterocycles. The molecule has 1 unspecified atom stereocenters. The van der Waals surface area contributed by atoms with Crippen molar-refractivity contribution in [2.75, 3.05) is 19.0 Å². The molecule has 1 aromatic carbocycles. The highest BCUT2D eigenvalue weighted by Crippen LogP contribution is 2.21. The van der Waals surface area contributed by atoms with Crippen molar-refractivity contribution in [3.05, 3.63) is 28.8 Å². The first-order valence-corrected chi connectivity index (χ1v) is 6.20. The molecule has 0 radical (unpaired) electrons. The number of nitrogens with one attached hydrogen (secondary N) is 2. The molecular weight excluding hydrogens is 268 g/mol. The molecule has 0 aliphatic heterocycles. The molecule has 0 aliphatic carbocycles. The van der Waals surface area contributed by atoms with Crippen LogP contribution in [0.25, 0.3) is 0 Å². The van der Waals surface area contributed by atoms with Crippen LogP contribution in [0.4, 0.5) is 10.5 Å². The third-order valence-corrected chi connectivity index (χ3v) is 2.87. The van der Waals surface area contributed by atoms with E-state index < -0.39 is 0 Å². The van der Waals surface area contributed by atoms with Gasteiger partial charge in [0.15, 0.2) is 5.78 Å². The van der Waals surface area contributed by atoms with E-state index in [0.717, 1.165) is 0 Å². The Hall–Kier alpha value is -1.59. The maximum Gasteiger partial charge on any atom is 0.319 e. The zero-order valence-corrected chi connectivity index (χ0v) is 11.9. The SMILES string of the molecule is COC(C)CNC(=O)Nc1ccc(C(C)=O)c(Cl)c1. The van der Waals surface area contributed by atoms with E-state index in [1.165, 1.54) is 13.0 Å². The summed E-state index contributed by atoms with van der Waals surface area (Å²) in [6.45, 7) is 3.69. The number of rotatable bonds is 5. The molecule has 0 aliphatic rings. The normalized spacial score (nSPS) is 11.8. The molecule has 2 N–H and O–H groups in total. The minimum absolute atomic E-state index is 0.0607. The minimum atomic E-state index is -0.351. The van der Waals surface area contributed by atoms with Crippen molar-refractivity contribution < 1.29 is 14.3 Å². The lowest BCUT2D eigenvalue weighted by Gasteiger charge is -2.12. The van der Waals surface area contributed by atoms with E-state index in [2.05, 4.69) is 10.6 Å². The Balaban J connectivity index is 2.60. The lowest BCUT2D eigenvalue weighted by atomic mass is 10.1. The number of Topliss-reactive ketones (excluding diaryl/α,β-unsaturated/α-hetero) is 1. The smallest absolute Gasteiger partial charge is 0.319 e. The number of urea groups is 1. The van der Waals surface area contributed by atoms with Crippen molar-refractivity contribution in [3.8, 4) is 0 Å². The molecule has 6 heteroatoms. The second-order valence-electron chi connectivity index (χ2n) is 4.13. The Labute approximate surface area is 117 Å². The first kappa shape index (κ1) is 15.5. The number of ether oxygens (including phenoxy) is 1. The van der Waals surface area contributed by atoms with Gasteiger partial charge in [-0.2, -0.15) is 0 Å². The Morgan fingerprint density at radius 3 is 2.63 bits per heavy atom. The summed E-state index contributed by atoms with van der Waals surface area (Å²) in [7, 11) is 1.57. The monoisotopic (exact) mass is 284 g/mol. The molecule has 0 bridgehead atoms. The van der Waals surface area contributed by atoms with Crippen molar-refractivity contribution in [1.82, 2.24) is 5.32 Å². The standard InChI is InChI=1S/C13H17ClN2O3/c1-8(19-3)7-15-13(18)16-10-4-5-11(9(2)17)12(14)6-10/h4-6,8H,7H2,1-3H3,(H2,15,16,18). The molecule has 0 fully saturated rings. The van der Waals surface area contributed by atoms with Crippen LogP contribution in [0.3, 0.4) is 0 Å². The number of ketones is 1. The van der Waals surface area contributed by atoms with Crippen LogP contribution >= 0.6 is 11.6 Å². The van der Waals surface area contributed by atoms with Gasteiger partial charge in [-0.3, -0.25) is 4.79 Å². The van der Waals surface area contributed by atoms with E-state index in [1.54, 1.807) is 19.2 Å². The maximum atomic E-state index is 11.6. The number of carbonyl (C=O) groups excluding carboxylic acids is 2. The third-order valence-electron chi connectivity index (χ3n) is 2.56. The molecule has 0 spiro atoms. The Bertz CT molecular complexity index is 477. The highest BCUT2D eigenvalue weighted by atomic mass is 35.5. The second-order valence-corrected chi connectivity index (χ2v) is 4.54. The van der Waals surface area contributed by atoms with Crippen molar-refractivity contribution in [1.29, 1.82) is 0 Å². The molecule has 0 saturated carbocycles. The molecule has 1 atom stereocenters. The first-order valence-electron chi connectivity index (χ1n) is 5.82. The van der Waals surface area contributed by atoms with E-state index in [4.69, 9.17) is 16.3 Å². The third kappa shape index (κ3) is 4.89. The van der Waals surface area contributed by atoms with Gasteiger partial charge in [0.25, 0.3) is 0 Å². The highest BCUT2D eigenvalue weighted by Gasteiger charge is 2.08. The van der Waals surface area contributed by atoms with Crippen LogP contribution in [0.15, 0.2) is 18.2 Å². The fraction of sp³-hybridized carbons (Fsp3) is 0.385. The van der Waals surface area contributed by atoms with E-state index >= 15 is 0 Å². The zero-order chi connectivity index (χ0) is 14.4. The van der Waals surface area contributed by atoms with Gasteiger partial charge < -0.3 is 15.4 Å². The number of carbonyl (C=O) groups is 2. The van der Waals surface area contributed by atoms with Gasteiger partial charge in [0.1, 0.15) is 0 Å². The average molecular weight is 285 g/mol. The summed E-state index contributed by atoms with van der Waals surface area (Å²) in [5.41, 5.74) is 0.957. The molecule has 0 saturated heterocycles. The molecule has 1 rings (SSSR count). The molecule has 2 amide bonds. The van der Waals surface area contributed by atoms with Crippen LogP contribution in [0, 0.1) is 0 Å². The van der Waals surface area contributed by atoms with Gasteiger partial charge in [0.05, 0.1) is 11.1 Å². The number of hydrogen-bond acceptors (Lipinski definition) is 3. The van der Waals surface area contributed by atoms with Crippen molar-refractivity contribution in [2.24, 2.45) is 0 Å². The second kappa shape index (κ2) is 7.11. The largest absolute Gasteiger partial charge is 0.380 e. The Kier molecular flexibility index (Phi) is 5.79. The molecule has 0 heterocycles. The van der Waals surface area contributed by atoms with Gasteiger partial charge in [0.2, 0.25) is 0 Å². The Morgan fingerprint density at radius 2 is 2.11 bits per heavy atom. The zero-order valence-electron chi connectivity index (χ0n) is 11.1. The molecule has 5 nitrogen and oxygen atoms in total. The fourth-order valence-electron chi connectivity index (χ4n) is 1.37. The van der Waals surface area contributed by atoms with Crippen LogP contribution in [-0.2, 0) is 4.74 Å². The Morgan fingerprint density at radius 1 is 1.42 bits per heavy atom. The van der Waals surface area contributed by atoms with Gasteiger partial charge in [0, 0.05) is 24.9 Å². The van der Waals surface area contributed by atoms with Crippen LogP contribution < -0.4 is 10.6 Å². The lowest BCUT2D eigenvalue weighted by Crippen LogP contribution is -2.34. The van der Waals surface area contributed by atoms with Crippen LogP contribution in [0.1, 0.15) is 24.2 Å². The van der Waals surface area contributed by atoms with Crippen molar-refractivity contribution in [3.63, 3.8) is 0 Å². The predicted molar refractivity (Wildman–Crippen MR) is 74.9 cm³/mol. The van der Waals surface area contributed by atoms with Gasteiger partial charge in [-0.05, 0) is 32.0 Å². The lowest BCUT2D eigenvalue weighted by molar-refractivity contribution is 0.101. The summed E-state index contributed by atoms with van der Waals surface area (Å²) in [5.74, 6) is -0.116. The number of hydrogen-bond donors (Lipinski definition) is 2. The summed E-state index contributed by atoms with van der Waals surface area (Å²) < 4.78 is 5.01. The van der Waals surface area contributed by atoms with Crippen molar-refractivity contribution in [2.45, 2.75) is 20.0 Å². The predicted octanol–water partition coefficient (Wildman–Crippen LogP) is 2.70. The summed E-state index contributed by atoms with van der Waals surface area (Å²) in [6.07, 6.45) is -0.0607. The van der Waals surface area contributed by atoms with Crippen LogP contribution in [-0.4, -0.2) is 31.6 Å². The van der Waals surface area contributed by atoms with Gasteiger partial charge >= 0.3 is 6.03 Å². The summed E-state index contributed by atoms with van der Waals surface area (Å²) >= 11 is 5.95. The number of anilines is 1. The first-order chi connectivity index (χ1) is 8.93. The quantitative estimate of drug-likeness (QED) is 0.817. The van der Waals surface area contributed by atoms with Gasteiger partial charge in [-0.1, -0.05) is 11.6 Å². The molecular formula is C13H17ClN2O3. The van der Waals surface area contributed by atoms with E-state index in [1.807, 2.05) is 6.92 Å².